The fraction of sp³-hybridized carbons (Fsp3) is 0.125. The van der Waals surface area contributed by atoms with Crippen molar-refractivity contribution in [3.8, 4) is 0 Å². The van der Waals surface area contributed by atoms with E-state index in [0.717, 1.165) is 6.07 Å². The lowest BCUT2D eigenvalue weighted by Gasteiger charge is -1.99. The molecule has 1 heterocycles. The van der Waals surface area contributed by atoms with Crippen molar-refractivity contribution in [1.82, 2.24) is 0 Å². The maximum atomic E-state index is 12.9. The van der Waals surface area contributed by atoms with Crippen LogP contribution < -0.4 is 0 Å². The molecule has 1 aliphatic heterocycles. The number of carbonyl (C=O) groups is 1. The standard InChI is InChI=1S/C8H5FO3/c9-5-3-1-2-4-6(5)8(11)12-7(4)10/h1-3,7,10H. The molecule has 0 spiro atoms. The molecule has 1 aromatic rings. The van der Waals surface area contributed by atoms with Crippen LogP contribution in [-0.4, -0.2) is 11.1 Å². The molecule has 0 radical (unpaired) electrons. The number of benzene rings is 1. The van der Waals surface area contributed by atoms with Gasteiger partial charge in [-0.3, -0.25) is 0 Å². The first-order valence-corrected chi connectivity index (χ1v) is 3.37. The summed E-state index contributed by atoms with van der Waals surface area (Å²) in [6.45, 7) is 0. The molecule has 62 valence electrons. The van der Waals surface area contributed by atoms with Crippen molar-refractivity contribution >= 4 is 5.97 Å². The normalized spacial score (nSPS) is 20.5. The van der Waals surface area contributed by atoms with Gasteiger partial charge in [-0.2, -0.15) is 0 Å². The summed E-state index contributed by atoms with van der Waals surface area (Å²) >= 11 is 0. The van der Waals surface area contributed by atoms with Crippen LogP contribution in [0.4, 0.5) is 4.39 Å². The van der Waals surface area contributed by atoms with Crippen molar-refractivity contribution in [3.05, 3.63) is 35.1 Å². The summed E-state index contributed by atoms with van der Waals surface area (Å²) in [7, 11) is 0. The number of halogens is 1. The predicted octanol–water partition coefficient (Wildman–Crippen LogP) is 0.987. The number of aliphatic hydroxyl groups excluding tert-OH is 1. The molecule has 0 bridgehead atoms. The third-order valence-corrected chi connectivity index (χ3v) is 1.73. The van der Waals surface area contributed by atoms with Crippen molar-refractivity contribution in [1.29, 1.82) is 0 Å². The van der Waals surface area contributed by atoms with E-state index >= 15 is 0 Å². The number of fused-ring (bicyclic) bond motifs is 1. The number of cyclic esters (lactones) is 1. The van der Waals surface area contributed by atoms with Gasteiger partial charge in [0.25, 0.3) is 0 Å². The first kappa shape index (κ1) is 7.24. The molecule has 0 aromatic heterocycles. The highest BCUT2D eigenvalue weighted by atomic mass is 19.1. The van der Waals surface area contributed by atoms with Gasteiger partial charge in [-0.15, -0.1) is 0 Å². The Hall–Kier alpha value is -1.42. The van der Waals surface area contributed by atoms with E-state index in [2.05, 4.69) is 4.74 Å². The molecule has 1 aliphatic rings. The third kappa shape index (κ3) is 0.816. The Balaban J connectivity index is 2.67. The van der Waals surface area contributed by atoms with Crippen LogP contribution in [0.25, 0.3) is 0 Å². The van der Waals surface area contributed by atoms with E-state index < -0.39 is 18.1 Å². The fourth-order valence-electron chi connectivity index (χ4n) is 1.19. The van der Waals surface area contributed by atoms with Crippen LogP contribution in [0.1, 0.15) is 22.2 Å². The Morgan fingerprint density at radius 3 is 2.92 bits per heavy atom. The van der Waals surface area contributed by atoms with Crippen molar-refractivity contribution in [2.75, 3.05) is 0 Å². The van der Waals surface area contributed by atoms with E-state index in [1.165, 1.54) is 12.1 Å². The Morgan fingerprint density at radius 1 is 1.50 bits per heavy atom. The lowest BCUT2D eigenvalue weighted by molar-refractivity contribution is -0.0548. The van der Waals surface area contributed by atoms with Gasteiger partial charge in [0.05, 0.1) is 0 Å². The van der Waals surface area contributed by atoms with Gasteiger partial charge in [0, 0.05) is 5.56 Å². The van der Waals surface area contributed by atoms with Crippen LogP contribution in [0.3, 0.4) is 0 Å². The molecule has 4 heteroatoms. The Kier molecular flexibility index (Phi) is 1.38. The van der Waals surface area contributed by atoms with Crippen molar-refractivity contribution in [2.24, 2.45) is 0 Å². The lowest BCUT2D eigenvalue weighted by atomic mass is 10.1. The fourth-order valence-corrected chi connectivity index (χ4v) is 1.19. The maximum Gasteiger partial charge on any atom is 0.344 e. The first-order valence-electron chi connectivity index (χ1n) is 3.37. The second-order valence-corrected chi connectivity index (χ2v) is 2.46. The molecule has 0 saturated heterocycles. The summed E-state index contributed by atoms with van der Waals surface area (Å²) in [5, 5.41) is 9.07. The van der Waals surface area contributed by atoms with Crippen molar-refractivity contribution in [2.45, 2.75) is 6.29 Å². The van der Waals surface area contributed by atoms with Crippen LogP contribution in [0.2, 0.25) is 0 Å². The number of esters is 1. The van der Waals surface area contributed by atoms with Gasteiger partial charge in [0.15, 0.2) is 0 Å². The average Bonchev–Trinajstić information content (AvgIpc) is 2.29. The van der Waals surface area contributed by atoms with Crippen LogP contribution >= 0.6 is 0 Å². The largest absolute Gasteiger partial charge is 0.428 e. The first-order chi connectivity index (χ1) is 5.70. The van der Waals surface area contributed by atoms with Crippen LogP contribution in [0, 0.1) is 5.82 Å². The van der Waals surface area contributed by atoms with E-state index in [1.54, 1.807) is 0 Å². The summed E-state index contributed by atoms with van der Waals surface area (Å²) in [5.41, 5.74) is 0.0324. The highest BCUT2D eigenvalue weighted by Gasteiger charge is 2.31. The summed E-state index contributed by atoms with van der Waals surface area (Å²) in [6, 6.07) is 4.02. The molecule has 12 heavy (non-hydrogen) atoms. The average molecular weight is 168 g/mol. The third-order valence-electron chi connectivity index (χ3n) is 1.73. The summed E-state index contributed by atoms with van der Waals surface area (Å²) in [5.74, 6) is -1.47. The van der Waals surface area contributed by atoms with Crippen LogP contribution in [-0.2, 0) is 4.74 Å². The number of rotatable bonds is 0. The SMILES string of the molecule is O=C1OC(O)c2cccc(F)c21. The number of aliphatic hydroxyl groups is 1. The van der Waals surface area contributed by atoms with E-state index in [4.69, 9.17) is 5.11 Å². The van der Waals surface area contributed by atoms with Crippen LogP contribution in [0.15, 0.2) is 18.2 Å². The zero-order valence-corrected chi connectivity index (χ0v) is 5.95. The van der Waals surface area contributed by atoms with Gasteiger partial charge in [-0.1, -0.05) is 12.1 Å². The molecule has 1 N–H and O–H groups in total. The molecule has 0 aliphatic carbocycles. The lowest BCUT2D eigenvalue weighted by Crippen LogP contribution is -1.97. The second kappa shape index (κ2) is 2.28. The van der Waals surface area contributed by atoms with Crippen molar-refractivity contribution in [3.63, 3.8) is 0 Å². The Bertz CT molecular complexity index is 348. The monoisotopic (exact) mass is 168 g/mol. The summed E-state index contributed by atoms with van der Waals surface area (Å²) in [6.07, 6.45) is -1.32. The minimum atomic E-state index is -1.32. The van der Waals surface area contributed by atoms with Gasteiger partial charge in [0.2, 0.25) is 6.29 Å². The summed E-state index contributed by atoms with van der Waals surface area (Å²) < 4.78 is 17.3. The van der Waals surface area contributed by atoms with E-state index in [-0.39, 0.29) is 11.1 Å². The molecule has 3 nitrogen and oxygen atoms in total. The van der Waals surface area contributed by atoms with Crippen LogP contribution in [0.5, 0.6) is 0 Å². The molecule has 1 atom stereocenters. The smallest absolute Gasteiger partial charge is 0.344 e. The van der Waals surface area contributed by atoms with Gasteiger partial charge in [0.1, 0.15) is 11.4 Å². The van der Waals surface area contributed by atoms with Gasteiger partial charge in [-0.05, 0) is 6.07 Å². The zero-order chi connectivity index (χ0) is 8.72. The highest BCUT2D eigenvalue weighted by molar-refractivity contribution is 5.94. The minimum Gasteiger partial charge on any atom is -0.428 e. The molecule has 1 aromatic carbocycles. The molecular formula is C8H5FO3. The molecule has 2 rings (SSSR count). The molecule has 0 amide bonds. The number of carbonyl (C=O) groups excluding carboxylic acids is 1. The maximum absolute atomic E-state index is 12.9. The van der Waals surface area contributed by atoms with Gasteiger partial charge in [-0.25, -0.2) is 9.18 Å². The van der Waals surface area contributed by atoms with Gasteiger partial charge < -0.3 is 9.84 Å². The minimum absolute atomic E-state index is 0.162. The van der Waals surface area contributed by atoms with E-state index in [1.807, 2.05) is 0 Å². The topological polar surface area (TPSA) is 46.5 Å². The predicted molar refractivity (Wildman–Crippen MR) is 36.8 cm³/mol. The zero-order valence-electron chi connectivity index (χ0n) is 5.95. The van der Waals surface area contributed by atoms with Crippen molar-refractivity contribution < 1.29 is 19.0 Å². The van der Waals surface area contributed by atoms with E-state index in [9.17, 15) is 9.18 Å². The second-order valence-electron chi connectivity index (χ2n) is 2.46. The summed E-state index contributed by atoms with van der Waals surface area (Å²) in [4.78, 5) is 10.9. The van der Waals surface area contributed by atoms with E-state index in [0.29, 0.717) is 0 Å². The number of hydrogen-bond donors (Lipinski definition) is 1. The highest BCUT2D eigenvalue weighted by Crippen LogP contribution is 2.29. The molecule has 1 unspecified atom stereocenters. The molecule has 0 fully saturated rings. The Morgan fingerprint density at radius 2 is 2.25 bits per heavy atom. The number of ether oxygens (including phenoxy) is 1. The van der Waals surface area contributed by atoms with Gasteiger partial charge >= 0.3 is 5.97 Å². The molecular weight excluding hydrogens is 163 g/mol. The quantitative estimate of drug-likeness (QED) is 0.587. The number of hydrogen-bond acceptors (Lipinski definition) is 3. The molecule has 0 saturated carbocycles. The Labute approximate surface area is 67.4 Å².